The number of alkyl halides is 3. The largest absolute Gasteiger partial charge is 0.456 e. The van der Waals surface area contributed by atoms with Crippen molar-refractivity contribution >= 4 is 23.2 Å². The second-order valence-corrected chi connectivity index (χ2v) is 7.04. The molecular weight excluding hydrogens is 483 g/mol. The third-order valence-corrected chi connectivity index (χ3v) is 4.37. The second kappa shape index (κ2) is 11.0. The van der Waals surface area contributed by atoms with Crippen molar-refractivity contribution in [1.82, 2.24) is 9.97 Å². The van der Waals surface area contributed by atoms with Crippen LogP contribution in [-0.4, -0.2) is 9.97 Å². The van der Waals surface area contributed by atoms with Crippen molar-refractivity contribution in [3.63, 3.8) is 0 Å². The Morgan fingerprint density at radius 1 is 0.727 bits per heavy atom. The molecule has 4 rings (SSSR count). The van der Waals surface area contributed by atoms with E-state index in [1.165, 1.54) is 54.7 Å². The van der Waals surface area contributed by atoms with Crippen molar-refractivity contribution in [3.8, 4) is 23.0 Å². The molecule has 10 heteroatoms. The molecule has 0 aliphatic heterocycles. The molecule has 0 fully saturated rings. The summed E-state index contributed by atoms with van der Waals surface area (Å²) in [5.74, 6) is 1.07. The van der Waals surface area contributed by atoms with Crippen LogP contribution in [0.1, 0.15) is 5.56 Å². The predicted molar refractivity (Wildman–Crippen MR) is 116 cm³/mol. The van der Waals surface area contributed by atoms with E-state index in [1.807, 2.05) is 0 Å². The van der Waals surface area contributed by atoms with Gasteiger partial charge < -0.3 is 9.47 Å². The van der Waals surface area contributed by atoms with Gasteiger partial charge >= 0.3 is 6.18 Å². The summed E-state index contributed by atoms with van der Waals surface area (Å²) in [6, 6.07) is 16.7. The van der Waals surface area contributed by atoms with E-state index in [4.69, 9.17) is 32.7 Å². The highest BCUT2D eigenvalue weighted by atomic mass is 35.5. The van der Waals surface area contributed by atoms with Gasteiger partial charge in [0.1, 0.15) is 28.2 Å². The van der Waals surface area contributed by atoms with Crippen molar-refractivity contribution in [2.45, 2.75) is 6.18 Å². The first-order valence-corrected chi connectivity index (χ1v) is 9.97. The molecule has 0 spiro atoms. The topological polar surface area (TPSA) is 44.2 Å². The molecule has 0 aliphatic rings. The highest BCUT2D eigenvalue weighted by Gasteiger charge is 2.30. The van der Waals surface area contributed by atoms with Crippen LogP contribution in [0.4, 0.5) is 17.6 Å². The normalized spacial score (nSPS) is 10.7. The summed E-state index contributed by atoms with van der Waals surface area (Å²) in [5, 5.41) is 0.563. The van der Waals surface area contributed by atoms with Crippen LogP contribution in [0.5, 0.6) is 23.0 Å². The minimum atomic E-state index is -4.39. The van der Waals surface area contributed by atoms with E-state index < -0.39 is 11.7 Å². The van der Waals surface area contributed by atoms with Gasteiger partial charge in [0.2, 0.25) is 0 Å². The Morgan fingerprint density at radius 2 is 1.45 bits per heavy atom. The number of ether oxygens (including phenoxy) is 2. The lowest BCUT2D eigenvalue weighted by Gasteiger charge is -2.09. The van der Waals surface area contributed by atoms with Gasteiger partial charge in [-0.1, -0.05) is 29.3 Å². The molecule has 2 heterocycles. The molecule has 4 nitrogen and oxygen atoms in total. The summed E-state index contributed by atoms with van der Waals surface area (Å²) < 4.78 is 60.7. The molecule has 0 aliphatic carbocycles. The Labute approximate surface area is 196 Å². The molecule has 0 amide bonds. The molecule has 0 radical (unpaired) electrons. The number of nitrogens with zero attached hydrogens (tertiary/aromatic N) is 2. The van der Waals surface area contributed by atoms with Gasteiger partial charge in [-0.05, 0) is 66.7 Å². The van der Waals surface area contributed by atoms with Gasteiger partial charge in [0.05, 0.1) is 11.8 Å². The fourth-order valence-corrected chi connectivity index (χ4v) is 2.64. The third kappa shape index (κ3) is 7.62. The van der Waals surface area contributed by atoms with Crippen LogP contribution < -0.4 is 9.47 Å². The van der Waals surface area contributed by atoms with Gasteiger partial charge in [-0.25, -0.2) is 14.4 Å². The Morgan fingerprint density at radius 3 is 2.09 bits per heavy atom. The summed E-state index contributed by atoms with van der Waals surface area (Å²) >= 11 is 11.4. The molecular formula is C23H14Cl2F4N2O2. The third-order valence-electron chi connectivity index (χ3n) is 3.86. The van der Waals surface area contributed by atoms with E-state index in [0.717, 1.165) is 12.1 Å². The molecule has 0 unspecified atom stereocenters. The highest BCUT2D eigenvalue weighted by Crippen LogP contribution is 2.32. The fraction of sp³-hybridized carbons (Fsp3) is 0.0435. The van der Waals surface area contributed by atoms with E-state index in [-0.39, 0.29) is 21.9 Å². The van der Waals surface area contributed by atoms with E-state index in [2.05, 4.69) is 9.97 Å². The SMILES string of the molecule is FC(F)(F)c1cccc(Oc2ccc(Cl)nc2)c1.Fc1ccc(Oc2cccnc2Cl)cc1. The first-order valence-electron chi connectivity index (χ1n) is 9.21. The van der Waals surface area contributed by atoms with Gasteiger partial charge in [-0.2, -0.15) is 13.2 Å². The van der Waals surface area contributed by atoms with Crippen LogP contribution in [0.2, 0.25) is 10.3 Å². The molecule has 0 N–H and O–H groups in total. The number of benzene rings is 2. The maximum atomic E-state index is 12.6. The number of hydrogen-bond donors (Lipinski definition) is 0. The lowest BCUT2D eigenvalue weighted by Crippen LogP contribution is -2.04. The summed E-state index contributed by atoms with van der Waals surface area (Å²) in [6.07, 6.45) is -1.49. The Hall–Kier alpha value is -3.36. The lowest BCUT2D eigenvalue weighted by molar-refractivity contribution is -0.137. The molecule has 2 aromatic carbocycles. The molecule has 0 saturated carbocycles. The van der Waals surface area contributed by atoms with Crippen molar-refractivity contribution in [2.24, 2.45) is 0 Å². The van der Waals surface area contributed by atoms with E-state index in [9.17, 15) is 17.6 Å². The highest BCUT2D eigenvalue weighted by molar-refractivity contribution is 6.30. The zero-order valence-electron chi connectivity index (χ0n) is 16.6. The van der Waals surface area contributed by atoms with E-state index >= 15 is 0 Å². The summed E-state index contributed by atoms with van der Waals surface area (Å²) in [7, 11) is 0. The molecule has 4 aromatic rings. The monoisotopic (exact) mass is 496 g/mol. The first kappa shape index (κ1) is 24.3. The van der Waals surface area contributed by atoms with Gasteiger partial charge in [0, 0.05) is 6.20 Å². The maximum absolute atomic E-state index is 12.6. The Bertz CT molecular complexity index is 1190. The summed E-state index contributed by atoms with van der Waals surface area (Å²) in [5.41, 5.74) is -0.762. The van der Waals surface area contributed by atoms with Crippen molar-refractivity contribution in [2.75, 3.05) is 0 Å². The summed E-state index contributed by atoms with van der Waals surface area (Å²) in [6.45, 7) is 0. The van der Waals surface area contributed by atoms with E-state index in [1.54, 1.807) is 18.3 Å². The molecule has 0 atom stereocenters. The fourth-order valence-electron chi connectivity index (χ4n) is 2.37. The van der Waals surface area contributed by atoms with Crippen molar-refractivity contribution in [1.29, 1.82) is 0 Å². The Kier molecular flexibility index (Phi) is 8.08. The van der Waals surface area contributed by atoms with E-state index in [0.29, 0.717) is 17.2 Å². The molecule has 170 valence electrons. The molecule has 33 heavy (non-hydrogen) atoms. The van der Waals surface area contributed by atoms with Crippen LogP contribution in [-0.2, 0) is 6.18 Å². The van der Waals surface area contributed by atoms with Crippen LogP contribution in [0, 0.1) is 5.82 Å². The predicted octanol–water partition coefficient (Wildman–Crippen LogP) is 8.21. The molecule has 0 saturated heterocycles. The average Bonchev–Trinajstić information content (AvgIpc) is 2.79. The first-order chi connectivity index (χ1) is 15.7. The van der Waals surface area contributed by atoms with Crippen LogP contribution in [0.3, 0.4) is 0 Å². The van der Waals surface area contributed by atoms with Crippen LogP contribution >= 0.6 is 23.2 Å². The van der Waals surface area contributed by atoms with Crippen LogP contribution in [0.15, 0.2) is 85.2 Å². The number of hydrogen-bond acceptors (Lipinski definition) is 4. The van der Waals surface area contributed by atoms with Crippen molar-refractivity contribution < 1.29 is 27.0 Å². The van der Waals surface area contributed by atoms with Gasteiger partial charge in [-0.3, -0.25) is 0 Å². The minimum absolute atomic E-state index is 0.0916. The van der Waals surface area contributed by atoms with Crippen LogP contribution in [0.25, 0.3) is 0 Å². The van der Waals surface area contributed by atoms with Gasteiger partial charge in [0.15, 0.2) is 10.9 Å². The van der Waals surface area contributed by atoms with Gasteiger partial charge in [-0.15, -0.1) is 0 Å². The summed E-state index contributed by atoms with van der Waals surface area (Å²) in [4.78, 5) is 7.62. The molecule has 2 aromatic heterocycles. The number of halogens is 6. The number of pyridine rings is 2. The average molecular weight is 497 g/mol. The second-order valence-electron chi connectivity index (χ2n) is 6.29. The number of aromatic nitrogens is 2. The smallest absolute Gasteiger partial charge is 0.416 e. The van der Waals surface area contributed by atoms with Gasteiger partial charge in [0.25, 0.3) is 0 Å². The maximum Gasteiger partial charge on any atom is 0.416 e. The quantitative estimate of drug-likeness (QED) is 0.211. The lowest BCUT2D eigenvalue weighted by atomic mass is 10.2. The number of rotatable bonds is 4. The Balaban J connectivity index is 0.000000189. The minimum Gasteiger partial charge on any atom is -0.456 e. The zero-order valence-corrected chi connectivity index (χ0v) is 18.1. The standard InChI is InChI=1S/C12H7ClF3NO.C11H7ClFNO/c13-11-5-4-10(7-17-11)18-9-3-1-2-8(6-9)12(14,15)16;12-11-10(2-1-7-14-11)15-9-5-3-8(13)4-6-9/h1-7H;1-7H. The van der Waals surface area contributed by atoms with Crippen molar-refractivity contribution in [3.05, 3.63) is 107 Å². The molecule has 0 bridgehead atoms. The zero-order chi connectivity index (χ0) is 23.8.